The van der Waals surface area contributed by atoms with E-state index < -0.39 is 30.3 Å². The highest BCUT2D eigenvalue weighted by Crippen LogP contribution is 2.34. The van der Waals surface area contributed by atoms with Gasteiger partial charge in [-0.1, -0.05) is 6.07 Å². The topological polar surface area (TPSA) is 125 Å². The fraction of sp³-hybridized carbons (Fsp3) is 0.556. The Balaban J connectivity index is 1.76. The molecular weight excluding hydrogens is 338 g/mol. The smallest absolute Gasteiger partial charge is 0.265 e. The van der Waals surface area contributed by atoms with E-state index in [1.54, 1.807) is 18.2 Å². The van der Waals surface area contributed by atoms with Gasteiger partial charge in [-0.2, -0.15) is 0 Å². The number of carbonyl (C=O) groups excluding carboxylic acids is 2. The van der Waals surface area contributed by atoms with Gasteiger partial charge >= 0.3 is 0 Å². The highest BCUT2D eigenvalue weighted by Gasteiger charge is 2.45. The van der Waals surface area contributed by atoms with Crippen LogP contribution in [0.25, 0.3) is 0 Å². The van der Waals surface area contributed by atoms with Gasteiger partial charge < -0.3 is 20.7 Å². The summed E-state index contributed by atoms with van der Waals surface area (Å²) in [6, 6.07) is 4.23. The van der Waals surface area contributed by atoms with Crippen molar-refractivity contribution in [2.24, 2.45) is 5.73 Å². The zero-order valence-electron chi connectivity index (χ0n) is 14.6. The molecule has 0 spiro atoms. The molecule has 2 aliphatic rings. The van der Waals surface area contributed by atoms with Crippen LogP contribution in [-0.4, -0.2) is 58.6 Å². The Labute approximate surface area is 151 Å². The summed E-state index contributed by atoms with van der Waals surface area (Å²) >= 11 is 0. The number of rotatable bonds is 7. The van der Waals surface area contributed by atoms with Gasteiger partial charge in [0.2, 0.25) is 0 Å². The van der Waals surface area contributed by atoms with Crippen LogP contribution < -0.4 is 15.8 Å². The molecule has 0 radical (unpaired) electrons. The Kier molecular flexibility index (Phi) is 5.87. The van der Waals surface area contributed by atoms with Gasteiger partial charge in [0.05, 0.1) is 23.8 Å². The lowest BCUT2D eigenvalue weighted by Gasteiger charge is -2.36. The number of aliphatic hydroxyl groups excluding tert-OH is 2. The summed E-state index contributed by atoms with van der Waals surface area (Å²) in [6.07, 6.45) is 1.34. The Morgan fingerprint density at radius 3 is 2.69 bits per heavy atom. The number of imide groups is 1. The molecule has 142 valence electrons. The second kappa shape index (κ2) is 8.13. The van der Waals surface area contributed by atoms with E-state index in [0.717, 1.165) is 24.2 Å². The molecule has 1 saturated heterocycles. The maximum absolute atomic E-state index is 12.9. The molecule has 1 fully saturated rings. The molecule has 1 aromatic carbocycles. The van der Waals surface area contributed by atoms with Crippen LogP contribution in [0.15, 0.2) is 18.2 Å². The lowest BCUT2D eigenvalue weighted by atomic mass is 10.0. The van der Waals surface area contributed by atoms with Crippen LogP contribution in [0.3, 0.4) is 0 Å². The third kappa shape index (κ3) is 3.59. The van der Waals surface area contributed by atoms with Crippen molar-refractivity contribution in [3.05, 3.63) is 29.3 Å². The van der Waals surface area contributed by atoms with E-state index in [9.17, 15) is 19.8 Å². The van der Waals surface area contributed by atoms with Gasteiger partial charge in [0, 0.05) is 0 Å². The van der Waals surface area contributed by atoms with Crippen molar-refractivity contribution in [3.8, 4) is 5.75 Å². The molecule has 2 aliphatic heterocycles. The fourth-order valence-corrected chi connectivity index (χ4v) is 3.45. The first-order valence-corrected chi connectivity index (χ1v) is 9.00. The van der Waals surface area contributed by atoms with E-state index in [1.165, 1.54) is 0 Å². The largest absolute Gasteiger partial charge is 0.493 e. The van der Waals surface area contributed by atoms with E-state index in [4.69, 9.17) is 10.5 Å². The van der Waals surface area contributed by atoms with Gasteiger partial charge in [0.15, 0.2) is 0 Å². The highest BCUT2D eigenvalue weighted by molar-refractivity contribution is 6.22. The molecule has 5 N–H and O–H groups in total. The predicted molar refractivity (Wildman–Crippen MR) is 93.5 cm³/mol. The number of ether oxygens (including phenoxy) is 1. The predicted octanol–water partition coefficient (Wildman–Crippen LogP) is 0.179. The summed E-state index contributed by atoms with van der Waals surface area (Å²) in [7, 11) is 0. The van der Waals surface area contributed by atoms with Crippen LogP contribution in [0.4, 0.5) is 0 Å². The number of nitrogens with two attached hydrogens (primary N) is 1. The van der Waals surface area contributed by atoms with E-state index in [0.29, 0.717) is 31.7 Å². The molecule has 0 bridgehead atoms. The molecule has 0 aliphatic carbocycles. The number of carbonyl (C=O) groups is 2. The maximum atomic E-state index is 12.9. The number of piperidine rings is 1. The fourth-order valence-electron chi connectivity index (χ4n) is 3.45. The molecule has 3 atom stereocenters. The standard InChI is InChI=1S/C18H25N3O5/c19-9-2-1-3-10-26-13-6-4-5-11-15(13)18(25)21(17(11)24)12-7-8-14(22)20-16(12)23/h4-6,12,14,16,20,22-23H,1-3,7-10,19H2. The molecule has 0 saturated carbocycles. The Morgan fingerprint density at radius 1 is 1.15 bits per heavy atom. The van der Waals surface area contributed by atoms with Crippen molar-refractivity contribution < 1.29 is 24.5 Å². The minimum Gasteiger partial charge on any atom is -0.493 e. The van der Waals surface area contributed by atoms with Gasteiger partial charge in [-0.15, -0.1) is 0 Å². The van der Waals surface area contributed by atoms with Crippen molar-refractivity contribution >= 4 is 11.8 Å². The number of amides is 2. The SMILES string of the molecule is NCCCCCOc1cccc2c1C(=O)N(C1CCC(O)NC1O)C2=O. The van der Waals surface area contributed by atoms with E-state index in [-0.39, 0.29) is 11.1 Å². The van der Waals surface area contributed by atoms with Gasteiger partial charge in [0.25, 0.3) is 11.8 Å². The summed E-state index contributed by atoms with van der Waals surface area (Å²) in [6.45, 7) is 1.08. The quantitative estimate of drug-likeness (QED) is 0.402. The van der Waals surface area contributed by atoms with Crippen molar-refractivity contribution in [3.63, 3.8) is 0 Å². The first kappa shape index (κ1) is 18.8. The maximum Gasteiger partial charge on any atom is 0.265 e. The van der Waals surface area contributed by atoms with Crippen LogP contribution in [0.2, 0.25) is 0 Å². The van der Waals surface area contributed by atoms with E-state index in [1.807, 2.05) is 0 Å². The minimum absolute atomic E-state index is 0.245. The van der Waals surface area contributed by atoms with Crippen molar-refractivity contribution in [1.29, 1.82) is 0 Å². The highest BCUT2D eigenvalue weighted by atomic mass is 16.5. The molecule has 8 heteroatoms. The summed E-state index contributed by atoms with van der Waals surface area (Å²) < 4.78 is 5.74. The second-order valence-electron chi connectivity index (χ2n) is 6.63. The first-order chi connectivity index (χ1) is 12.5. The number of benzene rings is 1. The summed E-state index contributed by atoms with van der Waals surface area (Å²) in [5.74, 6) is -0.528. The lowest BCUT2D eigenvalue weighted by Crippen LogP contribution is -2.58. The lowest BCUT2D eigenvalue weighted by molar-refractivity contribution is -0.0413. The number of hydrogen-bond acceptors (Lipinski definition) is 7. The third-order valence-corrected chi connectivity index (χ3v) is 4.81. The molecule has 26 heavy (non-hydrogen) atoms. The zero-order valence-corrected chi connectivity index (χ0v) is 14.6. The van der Waals surface area contributed by atoms with E-state index in [2.05, 4.69) is 5.32 Å². The number of hydrogen-bond donors (Lipinski definition) is 4. The average molecular weight is 363 g/mol. The van der Waals surface area contributed by atoms with Crippen molar-refractivity contribution in [2.45, 2.75) is 50.6 Å². The summed E-state index contributed by atoms with van der Waals surface area (Å²) in [5, 5.41) is 22.3. The number of fused-ring (bicyclic) bond motifs is 1. The van der Waals surface area contributed by atoms with Gasteiger partial charge in [-0.25, -0.2) is 0 Å². The van der Waals surface area contributed by atoms with Crippen LogP contribution in [0.5, 0.6) is 5.75 Å². The number of nitrogens with zero attached hydrogens (tertiary/aromatic N) is 1. The molecule has 3 unspecified atom stereocenters. The first-order valence-electron chi connectivity index (χ1n) is 9.00. The zero-order chi connectivity index (χ0) is 18.7. The van der Waals surface area contributed by atoms with Gasteiger partial charge in [-0.3, -0.25) is 19.8 Å². The van der Waals surface area contributed by atoms with Crippen molar-refractivity contribution in [2.75, 3.05) is 13.2 Å². The molecule has 2 heterocycles. The van der Waals surface area contributed by atoms with E-state index >= 15 is 0 Å². The van der Waals surface area contributed by atoms with Crippen molar-refractivity contribution in [1.82, 2.24) is 10.2 Å². The Bertz CT molecular complexity index is 681. The number of unbranched alkanes of at least 4 members (excludes halogenated alkanes) is 2. The molecule has 0 aromatic heterocycles. The van der Waals surface area contributed by atoms with Crippen LogP contribution in [-0.2, 0) is 0 Å². The Hall–Kier alpha value is -2.00. The normalized spacial score (nSPS) is 25.5. The minimum atomic E-state index is -1.17. The van der Waals surface area contributed by atoms with Gasteiger partial charge in [0.1, 0.15) is 18.2 Å². The van der Waals surface area contributed by atoms with Gasteiger partial charge in [-0.05, 0) is 50.8 Å². The second-order valence-corrected chi connectivity index (χ2v) is 6.63. The van der Waals surface area contributed by atoms with Crippen LogP contribution >= 0.6 is 0 Å². The molecule has 2 amide bonds. The molecule has 8 nitrogen and oxygen atoms in total. The molecule has 3 rings (SSSR count). The summed E-state index contributed by atoms with van der Waals surface area (Å²) in [5.41, 5.74) is 6.00. The average Bonchev–Trinajstić information content (AvgIpc) is 2.87. The van der Waals surface area contributed by atoms with Crippen LogP contribution in [0, 0.1) is 0 Å². The molecular formula is C18H25N3O5. The Morgan fingerprint density at radius 2 is 1.96 bits per heavy atom. The molecule has 1 aromatic rings. The van der Waals surface area contributed by atoms with Crippen LogP contribution in [0.1, 0.15) is 52.8 Å². The number of aliphatic hydroxyl groups is 2. The summed E-state index contributed by atoms with van der Waals surface area (Å²) in [4.78, 5) is 26.7. The third-order valence-electron chi connectivity index (χ3n) is 4.81. The monoisotopic (exact) mass is 363 g/mol. The number of nitrogens with one attached hydrogen (secondary N) is 1.